The number of hydrogen-bond donors (Lipinski definition) is 0. The molecule has 0 unspecified atom stereocenters. The molecule has 3 aromatic rings. The van der Waals surface area contributed by atoms with Crippen LogP contribution in [0, 0.1) is 0 Å². The van der Waals surface area contributed by atoms with Crippen molar-refractivity contribution < 1.29 is 18.9 Å². The molecule has 0 atom stereocenters. The Morgan fingerprint density at radius 3 is 2.38 bits per heavy atom. The topological polar surface area (TPSA) is 58.9 Å². The predicted octanol–water partition coefficient (Wildman–Crippen LogP) is 4.24. The summed E-state index contributed by atoms with van der Waals surface area (Å²) < 4.78 is 23.5. The number of pyridine rings is 1. The maximum atomic E-state index is 13.4. The molecule has 0 saturated carbocycles. The molecule has 6 heteroatoms. The van der Waals surface area contributed by atoms with Gasteiger partial charge < -0.3 is 23.5 Å². The molecule has 0 N–H and O–H groups in total. The van der Waals surface area contributed by atoms with Crippen molar-refractivity contribution in [3.63, 3.8) is 0 Å². The average molecular weight is 391 g/mol. The minimum Gasteiger partial charge on any atom is -0.493 e. The van der Waals surface area contributed by atoms with Crippen LogP contribution < -0.4 is 24.5 Å². The lowest BCUT2D eigenvalue weighted by molar-refractivity contribution is 0.174. The molecule has 148 valence electrons. The molecule has 1 aliphatic rings. The van der Waals surface area contributed by atoms with E-state index in [-0.39, 0.29) is 12.4 Å². The summed E-state index contributed by atoms with van der Waals surface area (Å²) in [6.45, 7) is 8.24. The molecule has 0 aliphatic carbocycles. The summed E-state index contributed by atoms with van der Waals surface area (Å²) in [5, 5.41) is 1.28. The first-order valence-electron chi connectivity index (χ1n) is 9.08. The molecule has 0 amide bonds. The number of allylic oxidation sites excluding steroid dienone is 1. The molecule has 1 aliphatic heterocycles. The summed E-state index contributed by atoms with van der Waals surface area (Å²) in [4.78, 5) is 13.4. The highest BCUT2D eigenvalue weighted by Crippen LogP contribution is 2.40. The fraction of sp³-hybridized carbons (Fsp3) is 0.174. The van der Waals surface area contributed by atoms with Gasteiger partial charge >= 0.3 is 0 Å². The monoisotopic (exact) mass is 391 g/mol. The summed E-state index contributed by atoms with van der Waals surface area (Å²) in [5.74, 6) is 2.36. The number of fused-ring (bicyclic) bond motifs is 2. The number of rotatable bonds is 6. The van der Waals surface area contributed by atoms with E-state index < -0.39 is 0 Å². The zero-order valence-corrected chi connectivity index (χ0v) is 16.4. The summed E-state index contributed by atoms with van der Waals surface area (Å²) in [6.07, 6.45) is 3.43. The van der Waals surface area contributed by atoms with Crippen LogP contribution in [0.15, 0.2) is 54.4 Å². The van der Waals surface area contributed by atoms with E-state index in [0.29, 0.717) is 34.9 Å². The standard InChI is InChI=1S/C23H21NO5/c1-5-7-24-18(16-11-22-21(28-13-29-22)9-14(16)6-2)8-15-10-19(26-3)20(27-4)12-17(15)23(24)25/h5-6,8-12H,1-2,7,13H2,3-4H3. The Labute approximate surface area is 168 Å². The molecule has 6 nitrogen and oxygen atoms in total. The molecular formula is C23H21NO5. The largest absolute Gasteiger partial charge is 0.493 e. The van der Waals surface area contributed by atoms with Crippen LogP contribution in [0.1, 0.15) is 5.56 Å². The van der Waals surface area contributed by atoms with Crippen molar-refractivity contribution >= 4 is 16.8 Å². The van der Waals surface area contributed by atoms with E-state index in [0.717, 1.165) is 22.2 Å². The fourth-order valence-electron chi connectivity index (χ4n) is 3.56. The smallest absolute Gasteiger partial charge is 0.259 e. The van der Waals surface area contributed by atoms with Crippen molar-refractivity contribution in [1.29, 1.82) is 0 Å². The average Bonchev–Trinajstić information content (AvgIpc) is 3.21. The number of aromatic nitrogens is 1. The Bertz CT molecular complexity index is 1190. The van der Waals surface area contributed by atoms with Gasteiger partial charge in [0.25, 0.3) is 5.56 Å². The number of benzene rings is 2. The normalized spacial score (nSPS) is 12.1. The molecule has 2 heterocycles. The number of nitrogens with zero attached hydrogens (tertiary/aromatic N) is 1. The molecule has 0 spiro atoms. The molecule has 29 heavy (non-hydrogen) atoms. The molecular weight excluding hydrogens is 370 g/mol. The van der Waals surface area contributed by atoms with Gasteiger partial charge in [0.1, 0.15) is 0 Å². The van der Waals surface area contributed by atoms with Crippen LogP contribution >= 0.6 is 0 Å². The second kappa shape index (κ2) is 7.39. The lowest BCUT2D eigenvalue weighted by atomic mass is 10.00. The number of hydrogen-bond acceptors (Lipinski definition) is 5. The van der Waals surface area contributed by atoms with E-state index >= 15 is 0 Å². The van der Waals surface area contributed by atoms with Gasteiger partial charge in [-0.1, -0.05) is 18.7 Å². The van der Waals surface area contributed by atoms with Gasteiger partial charge in [0.2, 0.25) is 6.79 Å². The van der Waals surface area contributed by atoms with Crippen LogP contribution in [0.2, 0.25) is 0 Å². The Balaban J connectivity index is 2.06. The molecule has 0 radical (unpaired) electrons. The third kappa shape index (κ3) is 3.02. The van der Waals surface area contributed by atoms with Crippen molar-refractivity contribution in [3.8, 4) is 34.3 Å². The molecule has 2 aromatic carbocycles. The lowest BCUT2D eigenvalue weighted by Gasteiger charge is -2.17. The molecule has 1 aromatic heterocycles. The Hall–Kier alpha value is -3.67. The van der Waals surface area contributed by atoms with Crippen molar-refractivity contribution in [3.05, 3.63) is 65.5 Å². The van der Waals surface area contributed by atoms with E-state index in [1.54, 1.807) is 43.1 Å². The van der Waals surface area contributed by atoms with E-state index in [9.17, 15) is 4.79 Å². The quantitative estimate of drug-likeness (QED) is 0.588. The first-order chi connectivity index (χ1) is 14.1. The predicted molar refractivity (Wildman–Crippen MR) is 113 cm³/mol. The van der Waals surface area contributed by atoms with Crippen LogP contribution in [-0.2, 0) is 6.54 Å². The van der Waals surface area contributed by atoms with E-state index in [1.165, 1.54) is 0 Å². The van der Waals surface area contributed by atoms with Crippen molar-refractivity contribution in [2.75, 3.05) is 21.0 Å². The zero-order valence-electron chi connectivity index (χ0n) is 16.4. The Kier molecular flexibility index (Phi) is 4.76. The van der Waals surface area contributed by atoms with Gasteiger partial charge in [0.15, 0.2) is 23.0 Å². The van der Waals surface area contributed by atoms with Crippen molar-refractivity contribution in [2.45, 2.75) is 6.54 Å². The first-order valence-corrected chi connectivity index (χ1v) is 9.08. The van der Waals surface area contributed by atoms with Gasteiger partial charge in [-0.15, -0.1) is 6.58 Å². The Morgan fingerprint density at radius 1 is 1.03 bits per heavy atom. The Morgan fingerprint density at radius 2 is 1.72 bits per heavy atom. The maximum Gasteiger partial charge on any atom is 0.259 e. The maximum absolute atomic E-state index is 13.4. The van der Waals surface area contributed by atoms with Gasteiger partial charge in [-0.05, 0) is 41.3 Å². The lowest BCUT2D eigenvalue weighted by Crippen LogP contribution is -2.21. The molecule has 0 fully saturated rings. The van der Waals surface area contributed by atoms with Crippen LogP contribution in [-0.4, -0.2) is 25.6 Å². The first kappa shape index (κ1) is 18.7. The highest BCUT2D eigenvalue weighted by Gasteiger charge is 2.20. The van der Waals surface area contributed by atoms with Crippen molar-refractivity contribution in [1.82, 2.24) is 4.57 Å². The summed E-state index contributed by atoms with van der Waals surface area (Å²) in [5.41, 5.74) is 2.24. The molecule has 4 rings (SSSR count). The summed E-state index contributed by atoms with van der Waals surface area (Å²) >= 11 is 0. The second-order valence-corrected chi connectivity index (χ2v) is 6.53. The zero-order chi connectivity index (χ0) is 20.5. The molecule has 0 saturated heterocycles. The van der Waals surface area contributed by atoms with Crippen LogP contribution in [0.25, 0.3) is 28.1 Å². The molecule has 0 bridgehead atoms. The van der Waals surface area contributed by atoms with E-state index in [2.05, 4.69) is 13.2 Å². The van der Waals surface area contributed by atoms with E-state index in [4.69, 9.17) is 18.9 Å². The van der Waals surface area contributed by atoms with Crippen LogP contribution in [0.4, 0.5) is 0 Å². The minimum absolute atomic E-state index is 0.147. The minimum atomic E-state index is -0.147. The van der Waals surface area contributed by atoms with Crippen LogP contribution in [0.3, 0.4) is 0 Å². The van der Waals surface area contributed by atoms with E-state index in [1.807, 2.05) is 18.2 Å². The highest BCUT2D eigenvalue weighted by molar-refractivity contribution is 5.90. The van der Waals surface area contributed by atoms with Gasteiger partial charge in [-0.2, -0.15) is 0 Å². The van der Waals surface area contributed by atoms with Gasteiger partial charge in [-0.3, -0.25) is 4.79 Å². The highest BCUT2D eigenvalue weighted by atomic mass is 16.7. The number of ether oxygens (including phenoxy) is 4. The van der Waals surface area contributed by atoms with Gasteiger partial charge in [0.05, 0.1) is 25.3 Å². The second-order valence-electron chi connectivity index (χ2n) is 6.53. The fourth-order valence-corrected chi connectivity index (χ4v) is 3.56. The summed E-state index contributed by atoms with van der Waals surface area (Å²) in [6, 6.07) is 9.20. The van der Waals surface area contributed by atoms with Gasteiger partial charge in [0, 0.05) is 12.1 Å². The summed E-state index contributed by atoms with van der Waals surface area (Å²) in [7, 11) is 3.11. The number of methoxy groups -OCH3 is 2. The van der Waals surface area contributed by atoms with Gasteiger partial charge in [-0.25, -0.2) is 0 Å². The third-order valence-corrected chi connectivity index (χ3v) is 4.97. The SMILES string of the molecule is C=CCn1c(-c2cc3c(cc2C=C)OCO3)cc2cc(OC)c(OC)cc2c1=O. The van der Waals surface area contributed by atoms with Crippen LogP contribution in [0.5, 0.6) is 23.0 Å². The third-order valence-electron chi connectivity index (χ3n) is 4.97. The van der Waals surface area contributed by atoms with Crippen molar-refractivity contribution in [2.24, 2.45) is 0 Å².